The summed E-state index contributed by atoms with van der Waals surface area (Å²) in [6.07, 6.45) is 0.918. The molecule has 6 heteroatoms. The van der Waals surface area contributed by atoms with Crippen LogP contribution < -0.4 is 10.0 Å². The average Bonchev–Trinajstić information content (AvgIpc) is 2.90. The molecule has 1 heterocycles. The largest absolute Gasteiger partial charge is 0.388 e. The quantitative estimate of drug-likeness (QED) is 0.839. The van der Waals surface area contributed by atoms with Crippen LogP contribution in [0.5, 0.6) is 0 Å². The van der Waals surface area contributed by atoms with Crippen LogP contribution in [0.25, 0.3) is 0 Å². The van der Waals surface area contributed by atoms with Crippen LogP contribution in [0.3, 0.4) is 0 Å². The molecule has 1 aromatic carbocycles. The van der Waals surface area contributed by atoms with Gasteiger partial charge in [-0.2, -0.15) is 0 Å². The molecule has 0 saturated carbocycles. The standard InChI is InChI=1S/C12H18N2O3S/c1-13-11-2-4-12(5-3-11)18(15,16)14-8-10-6-7-17-9-10/h2-5,10,13-14H,6-9H2,1H3. The zero-order chi connectivity index (χ0) is 13.0. The Morgan fingerprint density at radius 1 is 1.33 bits per heavy atom. The Bertz CT molecular complexity index is 479. The summed E-state index contributed by atoms with van der Waals surface area (Å²) in [4.78, 5) is 0.292. The molecule has 0 spiro atoms. The fraction of sp³-hybridized carbons (Fsp3) is 0.500. The number of ether oxygens (including phenoxy) is 1. The lowest BCUT2D eigenvalue weighted by Gasteiger charge is -2.10. The maximum atomic E-state index is 12.0. The van der Waals surface area contributed by atoms with Crippen molar-refractivity contribution in [3.05, 3.63) is 24.3 Å². The molecule has 1 fully saturated rings. The maximum absolute atomic E-state index is 12.0. The highest BCUT2D eigenvalue weighted by Gasteiger charge is 2.20. The monoisotopic (exact) mass is 270 g/mol. The van der Waals surface area contributed by atoms with Gasteiger partial charge in [0.15, 0.2) is 0 Å². The normalized spacial score (nSPS) is 19.9. The van der Waals surface area contributed by atoms with Gasteiger partial charge in [-0.15, -0.1) is 0 Å². The molecule has 2 N–H and O–H groups in total. The fourth-order valence-electron chi connectivity index (χ4n) is 1.86. The first-order chi connectivity index (χ1) is 8.62. The van der Waals surface area contributed by atoms with Gasteiger partial charge in [0.1, 0.15) is 0 Å². The van der Waals surface area contributed by atoms with Crippen LogP contribution >= 0.6 is 0 Å². The maximum Gasteiger partial charge on any atom is 0.240 e. The van der Waals surface area contributed by atoms with Gasteiger partial charge in [0, 0.05) is 25.9 Å². The molecule has 100 valence electrons. The Morgan fingerprint density at radius 2 is 2.06 bits per heavy atom. The highest BCUT2D eigenvalue weighted by molar-refractivity contribution is 7.89. The summed E-state index contributed by atoms with van der Waals surface area (Å²) in [6, 6.07) is 6.68. The van der Waals surface area contributed by atoms with E-state index in [-0.39, 0.29) is 5.92 Å². The van der Waals surface area contributed by atoms with Crippen molar-refractivity contribution in [1.82, 2.24) is 4.72 Å². The number of rotatable bonds is 5. The van der Waals surface area contributed by atoms with Crippen LogP contribution in [0.15, 0.2) is 29.2 Å². The van der Waals surface area contributed by atoms with Crippen LogP contribution in [0.1, 0.15) is 6.42 Å². The highest BCUT2D eigenvalue weighted by atomic mass is 32.2. The third-order valence-electron chi connectivity index (χ3n) is 3.04. The number of nitrogens with one attached hydrogen (secondary N) is 2. The molecule has 1 aliphatic rings. The van der Waals surface area contributed by atoms with Crippen LogP contribution in [0, 0.1) is 5.92 Å². The lowest BCUT2D eigenvalue weighted by atomic mass is 10.1. The van der Waals surface area contributed by atoms with Crippen molar-refractivity contribution in [1.29, 1.82) is 0 Å². The van der Waals surface area contributed by atoms with E-state index < -0.39 is 10.0 Å². The zero-order valence-corrected chi connectivity index (χ0v) is 11.2. The molecule has 1 unspecified atom stereocenters. The average molecular weight is 270 g/mol. The molecular formula is C12H18N2O3S. The van der Waals surface area contributed by atoms with Crippen molar-refractivity contribution in [3.8, 4) is 0 Å². The van der Waals surface area contributed by atoms with Crippen molar-refractivity contribution < 1.29 is 13.2 Å². The van der Waals surface area contributed by atoms with Crippen molar-refractivity contribution >= 4 is 15.7 Å². The molecule has 18 heavy (non-hydrogen) atoms. The summed E-state index contributed by atoms with van der Waals surface area (Å²) in [6.45, 7) is 1.81. The zero-order valence-electron chi connectivity index (χ0n) is 10.3. The van der Waals surface area contributed by atoms with Crippen molar-refractivity contribution in [3.63, 3.8) is 0 Å². The Labute approximate surface area is 108 Å². The predicted molar refractivity (Wildman–Crippen MR) is 70.1 cm³/mol. The first-order valence-electron chi connectivity index (χ1n) is 5.97. The smallest absolute Gasteiger partial charge is 0.240 e. The summed E-state index contributed by atoms with van der Waals surface area (Å²) in [7, 11) is -1.61. The summed E-state index contributed by atoms with van der Waals surface area (Å²) in [5.41, 5.74) is 0.887. The van der Waals surface area contributed by atoms with E-state index in [4.69, 9.17) is 4.74 Å². The number of sulfonamides is 1. The molecule has 1 atom stereocenters. The summed E-state index contributed by atoms with van der Waals surface area (Å²) >= 11 is 0. The molecule has 0 amide bonds. The van der Waals surface area contributed by atoms with E-state index in [0.717, 1.165) is 18.7 Å². The molecule has 1 saturated heterocycles. The molecule has 2 rings (SSSR count). The third kappa shape index (κ3) is 3.22. The van der Waals surface area contributed by atoms with Gasteiger partial charge < -0.3 is 10.1 Å². The molecule has 0 aromatic heterocycles. The number of hydrogen-bond acceptors (Lipinski definition) is 4. The van der Waals surface area contributed by atoms with E-state index in [1.807, 2.05) is 0 Å². The summed E-state index contributed by atoms with van der Waals surface area (Å²) < 4.78 is 31.9. The second-order valence-corrected chi connectivity index (χ2v) is 6.12. The molecule has 0 bridgehead atoms. The molecule has 1 aliphatic heterocycles. The van der Waals surface area contributed by atoms with Gasteiger partial charge in [-0.05, 0) is 36.6 Å². The second-order valence-electron chi connectivity index (χ2n) is 4.36. The van der Waals surface area contributed by atoms with Crippen LogP contribution in [0.4, 0.5) is 5.69 Å². The van der Waals surface area contributed by atoms with Gasteiger partial charge in [-0.1, -0.05) is 0 Å². The van der Waals surface area contributed by atoms with Gasteiger partial charge in [-0.25, -0.2) is 13.1 Å². The Kier molecular flexibility index (Phi) is 4.21. The van der Waals surface area contributed by atoms with Crippen LogP contribution in [0.2, 0.25) is 0 Å². The second kappa shape index (κ2) is 5.69. The summed E-state index contributed by atoms with van der Waals surface area (Å²) in [5.74, 6) is 0.288. The topological polar surface area (TPSA) is 67.4 Å². The van der Waals surface area contributed by atoms with Gasteiger partial charge in [0.2, 0.25) is 10.0 Å². The fourth-order valence-corrected chi connectivity index (χ4v) is 2.97. The molecular weight excluding hydrogens is 252 g/mol. The Hall–Kier alpha value is -1.11. The van der Waals surface area contributed by atoms with E-state index in [2.05, 4.69) is 10.0 Å². The van der Waals surface area contributed by atoms with Gasteiger partial charge in [0.05, 0.1) is 11.5 Å². The molecule has 1 aromatic rings. The Balaban J connectivity index is 2.00. The number of benzene rings is 1. The van der Waals surface area contributed by atoms with Gasteiger partial charge in [0.25, 0.3) is 0 Å². The molecule has 5 nitrogen and oxygen atoms in total. The lowest BCUT2D eigenvalue weighted by molar-refractivity contribution is 0.186. The minimum Gasteiger partial charge on any atom is -0.388 e. The Morgan fingerprint density at radius 3 is 2.61 bits per heavy atom. The molecule has 0 radical (unpaired) electrons. The predicted octanol–water partition coefficient (Wildman–Crippen LogP) is 1.04. The number of hydrogen-bond donors (Lipinski definition) is 2. The van der Waals surface area contributed by atoms with Crippen LogP contribution in [-0.4, -0.2) is 35.2 Å². The third-order valence-corrected chi connectivity index (χ3v) is 4.48. The SMILES string of the molecule is CNc1ccc(S(=O)(=O)NCC2CCOC2)cc1. The van der Waals surface area contributed by atoms with Crippen molar-refractivity contribution in [2.75, 3.05) is 32.1 Å². The van der Waals surface area contributed by atoms with E-state index >= 15 is 0 Å². The number of anilines is 1. The van der Waals surface area contributed by atoms with Gasteiger partial charge in [-0.3, -0.25) is 0 Å². The van der Waals surface area contributed by atoms with Crippen LogP contribution in [-0.2, 0) is 14.8 Å². The first-order valence-corrected chi connectivity index (χ1v) is 7.45. The first kappa shape index (κ1) is 13.3. The highest BCUT2D eigenvalue weighted by Crippen LogP contribution is 2.15. The molecule has 0 aliphatic carbocycles. The van der Waals surface area contributed by atoms with Gasteiger partial charge >= 0.3 is 0 Å². The van der Waals surface area contributed by atoms with E-state index in [9.17, 15) is 8.42 Å². The minimum absolute atomic E-state index is 0.288. The lowest BCUT2D eigenvalue weighted by Crippen LogP contribution is -2.29. The van der Waals surface area contributed by atoms with E-state index in [1.165, 1.54) is 0 Å². The van der Waals surface area contributed by atoms with Crippen molar-refractivity contribution in [2.45, 2.75) is 11.3 Å². The summed E-state index contributed by atoms with van der Waals surface area (Å²) in [5, 5.41) is 2.95. The van der Waals surface area contributed by atoms with E-state index in [1.54, 1.807) is 31.3 Å². The minimum atomic E-state index is -3.41. The van der Waals surface area contributed by atoms with E-state index in [0.29, 0.717) is 18.0 Å². The van der Waals surface area contributed by atoms with Crippen molar-refractivity contribution in [2.24, 2.45) is 5.92 Å².